The number of carbonyl (C=O) groups is 2. The van der Waals surface area contributed by atoms with E-state index in [0.29, 0.717) is 29.6 Å². The van der Waals surface area contributed by atoms with Gasteiger partial charge < -0.3 is 9.47 Å². The lowest BCUT2D eigenvalue weighted by Crippen LogP contribution is -2.43. The van der Waals surface area contributed by atoms with Crippen molar-refractivity contribution >= 4 is 11.8 Å². The number of benzene rings is 2. The zero-order chi connectivity index (χ0) is 20.5. The zero-order valence-corrected chi connectivity index (χ0v) is 16.9. The van der Waals surface area contributed by atoms with Crippen molar-refractivity contribution in [2.75, 3.05) is 13.2 Å². The molecule has 0 saturated carbocycles. The van der Waals surface area contributed by atoms with Crippen LogP contribution in [0.5, 0.6) is 11.5 Å². The summed E-state index contributed by atoms with van der Waals surface area (Å²) in [5.41, 5.74) is 7.23. The van der Waals surface area contributed by atoms with Crippen LogP contribution in [0.4, 0.5) is 0 Å². The van der Waals surface area contributed by atoms with Crippen LogP contribution in [-0.2, 0) is 4.79 Å². The normalized spacial score (nSPS) is 10.5. The van der Waals surface area contributed by atoms with Crippen LogP contribution < -0.4 is 20.3 Å². The van der Waals surface area contributed by atoms with Gasteiger partial charge in [0.05, 0.1) is 12.2 Å². The van der Waals surface area contributed by atoms with E-state index in [1.807, 2.05) is 32.0 Å². The second-order valence-electron chi connectivity index (χ2n) is 7.14. The number of para-hydroxylation sites is 1. The van der Waals surface area contributed by atoms with Crippen molar-refractivity contribution in [3.63, 3.8) is 0 Å². The fraction of sp³-hybridized carbons (Fsp3) is 0.364. The van der Waals surface area contributed by atoms with Crippen LogP contribution in [0.1, 0.15) is 41.8 Å². The fourth-order valence-electron chi connectivity index (χ4n) is 2.58. The summed E-state index contributed by atoms with van der Waals surface area (Å²) in [6.07, 6.45) is 0.891. The molecule has 0 fully saturated rings. The number of nitrogens with one attached hydrogen (secondary N) is 2. The van der Waals surface area contributed by atoms with E-state index in [2.05, 4.69) is 24.7 Å². The van der Waals surface area contributed by atoms with E-state index in [4.69, 9.17) is 9.47 Å². The molecule has 150 valence electrons. The Balaban J connectivity index is 1.85. The first-order valence-electron chi connectivity index (χ1n) is 9.37. The van der Waals surface area contributed by atoms with Gasteiger partial charge >= 0.3 is 0 Å². The summed E-state index contributed by atoms with van der Waals surface area (Å²) in [4.78, 5) is 24.4. The molecule has 28 heavy (non-hydrogen) atoms. The number of aryl methyl sites for hydroxylation is 2. The van der Waals surface area contributed by atoms with Crippen molar-refractivity contribution < 1.29 is 19.1 Å². The summed E-state index contributed by atoms with van der Waals surface area (Å²) >= 11 is 0. The number of carbonyl (C=O) groups excluding carboxylic acids is 2. The fourth-order valence-corrected chi connectivity index (χ4v) is 2.58. The van der Waals surface area contributed by atoms with Crippen LogP contribution in [0.25, 0.3) is 0 Å². The van der Waals surface area contributed by atoms with Gasteiger partial charge in [0.25, 0.3) is 11.8 Å². The van der Waals surface area contributed by atoms with Crippen LogP contribution in [0.2, 0.25) is 0 Å². The first-order valence-corrected chi connectivity index (χ1v) is 9.37. The lowest BCUT2D eigenvalue weighted by atomic mass is 10.1. The van der Waals surface area contributed by atoms with Gasteiger partial charge in [-0.2, -0.15) is 0 Å². The molecule has 2 N–H and O–H groups in total. The Kier molecular flexibility index (Phi) is 7.87. The molecule has 2 aromatic carbocycles. The third-order valence-electron chi connectivity index (χ3n) is 3.97. The Hall–Kier alpha value is -3.02. The first-order chi connectivity index (χ1) is 13.3. The van der Waals surface area contributed by atoms with E-state index in [1.165, 1.54) is 0 Å². The van der Waals surface area contributed by atoms with E-state index in [0.717, 1.165) is 17.5 Å². The molecule has 2 rings (SSSR count). The summed E-state index contributed by atoms with van der Waals surface area (Å²) in [7, 11) is 0. The van der Waals surface area contributed by atoms with E-state index in [9.17, 15) is 9.59 Å². The van der Waals surface area contributed by atoms with Crippen LogP contribution in [0, 0.1) is 19.8 Å². The molecule has 0 spiro atoms. The Bertz CT molecular complexity index is 798. The summed E-state index contributed by atoms with van der Waals surface area (Å²) < 4.78 is 11.2. The van der Waals surface area contributed by atoms with Crippen LogP contribution in [-0.4, -0.2) is 25.0 Å². The second-order valence-corrected chi connectivity index (χ2v) is 7.14. The van der Waals surface area contributed by atoms with E-state index < -0.39 is 11.8 Å². The van der Waals surface area contributed by atoms with Crippen LogP contribution in [0.15, 0.2) is 42.5 Å². The Labute approximate surface area is 166 Å². The molecule has 2 amide bonds. The highest BCUT2D eigenvalue weighted by Gasteiger charge is 2.13. The summed E-state index contributed by atoms with van der Waals surface area (Å²) in [5, 5.41) is 0. The van der Waals surface area contributed by atoms with Crippen LogP contribution in [0.3, 0.4) is 0 Å². The molecule has 6 nitrogen and oxygen atoms in total. The molecule has 0 aliphatic carbocycles. The number of rotatable bonds is 8. The monoisotopic (exact) mass is 384 g/mol. The average molecular weight is 384 g/mol. The van der Waals surface area contributed by atoms with E-state index >= 15 is 0 Å². The van der Waals surface area contributed by atoms with Crippen molar-refractivity contribution in [3.8, 4) is 11.5 Å². The molecule has 0 bridgehead atoms. The highest BCUT2D eigenvalue weighted by atomic mass is 16.5. The minimum absolute atomic E-state index is 0.199. The van der Waals surface area contributed by atoms with Crippen molar-refractivity contribution in [2.24, 2.45) is 5.92 Å². The van der Waals surface area contributed by atoms with Gasteiger partial charge in [0.1, 0.15) is 11.5 Å². The number of hydrogen-bond donors (Lipinski definition) is 2. The maximum Gasteiger partial charge on any atom is 0.276 e. The molecule has 0 aliphatic rings. The summed E-state index contributed by atoms with van der Waals surface area (Å²) in [6.45, 7) is 8.46. The van der Waals surface area contributed by atoms with Gasteiger partial charge in [0.2, 0.25) is 0 Å². The molecule has 0 aromatic heterocycles. The topological polar surface area (TPSA) is 76.7 Å². The van der Waals surface area contributed by atoms with Gasteiger partial charge in [-0.25, -0.2) is 0 Å². The minimum atomic E-state index is -0.453. The SMILES string of the molecule is Cc1cc(C)cc(OCC(=O)NNC(=O)c2ccccc2OCCC(C)C)c1. The Morgan fingerprint density at radius 2 is 1.64 bits per heavy atom. The number of amides is 2. The highest BCUT2D eigenvalue weighted by Crippen LogP contribution is 2.18. The van der Waals surface area contributed by atoms with Gasteiger partial charge in [-0.05, 0) is 61.6 Å². The summed E-state index contributed by atoms with van der Waals surface area (Å²) in [5.74, 6) is 0.715. The largest absolute Gasteiger partial charge is 0.493 e. The van der Waals surface area contributed by atoms with E-state index in [1.54, 1.807) is 24.3 Å². The molecule has 0 saturated heterocycles. The molecule has 0 heterocycles. The third-order valence-corrected chi connectivity index (χ3v) is 3.97. The van der Waals surface area contributed by atoms with Crippen molar-refractivity contribution in [3.05, 3.63) is 59.2 Å². The van der Waals surface area contributed by atoms with Crippen molar-refractivity contribution in [1.82, 2.24) is 10.9 Å². The minimum Gasteiger partial charge on any atom is -0.493 e. The molecule has 0 unspecified atom stereocenters. The highest BCUT2D eigenvalue weighted by molar-refractivity contribution is 5.97. The standard InChI is InChI=1S/C22H28N2O4/c1-15(2)9-10-27-20-8-6-5-7-19(20)22(26)24-23-21(25)14-28-18-12-16(3)11-17(4)13-18/h5-8,11-13,15H,9-10,14H2,1-4H3,(H,23,25)(H,24,26). The van der Waals surface area contributed by atoms with Gasteiger partial charge in [0, 0.05) is 0 Å². The second kappa shape index (κ2) is 10.3. The molecule has 2 aromatic rings. The van der Waals surface area contributed by atoms with Crippen LogP contribution >= 0.6 is 0 Å². The van der Waals surface area contributed by atoms with E-state index in [-0.39, 0.29) is 6.61 Å². The number of hydrogen-bond acceptors (Lipinski definition) is 4. The van der Waals surface area contributed by atoms with Gasteiger partial charge in [-0.3, -0.25) is 20.4 Å². The van der Waals surface area contributed by atoms with Crippen molar-refractivity contribution in [2.45, 2.75) is 34.1 Å². The molecule has 6 heteroatoms. The van der Waals surface area contributed by atoms with Gasteiger partial charge in [0.15, 0.2) is 6.61 Å². The Morgan fingerprint density at radius 1 is 0.964 bits per heavy atom. The predicted molar refractivity (Wildman–Crippen MR) is 108 cm³/mol. The third kappa shape index (κ3) is 6.95. The number of ether oxygens (including phenoxy) is 2. The van der Waals surface area contributed by atoms with Gasteiger partial charge in [-0.1, -0.05) is 32.0 Å². The predicted octanol–water partition coefficient (Wildman–Crippen LogP) is 3.57. The molecule has 0 aliphatic heterocycles. The number of hydrazine groups is 1. The van der Waals surface area contributed by atoms with Crippen molar-refractivity contribution in [1.29, 1.82) is 0 Å². The Morgan fingerprint density at radius 3 is 2.32 bits per heavy atom. The zero-order valence-electron chi connectivity index (χ0n) is 16.9. The lowest BCUT2D eigenvalue weighted by Gasteiger charge is -2.13. The average Bonchev–Trinajstić information content (AvgIpc) is 2.64. The molecular weight excluding hydrogens is 356 g/mol. The lowest BCUT2D eigenvalue weighted by molar-refractivity contribution is -0.123. The van der Waals surface area contributed by atoms with Gasteiger partial charge in [-0.15, -0.1) is 0 Å². The summed E-state index contributed by atoms with van der Waals surface area (Å²) in [6, 6.07) is 12.7. The first kappa shape index (κ1) is 21.3. The quantitative estimate of drug-likeness (QED) is 0.682. The maximum absolute atomic E-state index is 12.4. The molecule has 0 radical (unpaired) electrons. The smallest absolute Gasteiger partial charge is 0.276 e. The maximum atomic E-state index is 12.4. The molecule has 0 atom stereocenters. The molecular formula is C22H28N2O4.